The van der Waals surface area contributed by atoms with Crippen molar-refractivity contribution in [2.45, 2.75) is 38.1 Å². The van der Waals surface area contributed by atoms with E-state index in [9.17, 15) is 18.8 Å². The monoisotopic (exact) mass is 374 g/mol. The first-order valence-electron chi connectivity index (χ1n) is 9.80. The van der Waals surface area contributed by atoms with Crippen LogP contribution in [0.15, 0.2) is 24.3 Å². The van der Waals surface area contributed by atoms with Crippen LogP contribution in [-0.4, -0.2) is 54.8 Å². The number of hydrogen-bond acceptors (Lipinski definition) is 3. The molecule has 0 aromatic heterocycles. The predicted octanol–water partition coefficient (Wildman–Crippen LogP) is 0.375. The summed E-state index contributed by atoms with van der Waals surface area (Å²) < 4.78 is 13.2. The van der Waals surface area contributed by atoms with Crippen LogP contribution in [0.1, 0.15) is 32.1 Å². The number of quaternary nitrogens is 1. The zero-order chi connectivity index (χ0) is 19.0. The molecule has 0 radical (unpaired) electrons. The van der Waals surface area contributed by atoms with E-state index in [0.717, 1.165) is 50.2 Å². The van der Waals surface area contributed by atoms with Gasteiger partial charge in [0.25, 0.3) is 5.91 Å². The Morgan fingerprint density at radius 1 is 1.07 bits per heavy atom. The van der Waals surface area contributed by atoms with E-state index in [0.29, 0.717) is 12.2 Å². The van der Waals surface area contributed by atoms with Gasteiger partial charge in [-0.3, -0.25) is 14.4 Å². The summed E-state index contributed by atoms with van der Waals surface area (Å²) in [6.45, 7) is 3.08. The summed E-state index contributed by atoms with van der Waals surface area (Å²) in [5.41, 5.74) is 0.412. The molecule has 1 aromatic rings. The lowest BCUT2D eigenvalue weighted by Crippen LogP contribution is -3.18. The zero-order valence-corrected chi connectivity index (χ0v) is 15.3. The van der Waals surface area contributed by atoms with Gasteiger partial charge in [0.05, 0.1) is 31.1 Å². The van der Waals surface area contributed by atoms with Gasteiger partial charge in [0.15, 0.2) is 6.04 Å². The van der Waals surface area contributed by atoms with E-state index >= 15 is 0 Å². The molecule has 3 amide bonds. The summed E-state index contributed by atoms with van der Waals surface area (Å²) in [6, 6.07) is 4.97. The molecular weight excluding hydrogens is 349 g/mol. The maximum absolute atomic E-state index is 13.2. The summed E-state index contributed by atoms with van der Waals surface area (Å²) in [6.07, 6.45) is 4.02. The Bertz CT molecular complexity index is 745. The zero-order valence-electron chi connectivity index (χ0n) is 15.3. The lowest BCUT2D eigenvalue weighted by molar-refractivity contribution is -0.922. The molecule has 0 aliphatic carbocycles. The normalized spacial score (nSPS) is 28.9. The highest BCUT2D eigenvalue weighted by Gasteiger charge is 2.47. The number of carbonyl (C=O) groups excluding carboxylic acids is 3. The predicted molar refractivity (Wildman–Crippen MR) is 96.5 cm³/mol. The number of anilines is 1. The van der Waals surface area contributed by atoms with E-state index in [1.165, 1.54) is 29.2 Å². The fraction of sp³-hybridized carbons (Fsp3) is 0.550. The molecular formula is C20H25FN3O3+. The molecule has 3 heterocycles. The smallest absolute Gasteiger partial charge is 0.292 e. The van der Waals surface area contributed by atoms with Crippen molar-refractivity contribution in [3.8, 4) is 0 Å². The molecule has 1 N–H and O–H groups in total. The van der Waals surface area contributed by atoms with Crippen molar-refractivity contribution < 1.29 is 23.7 Å². The number of nitrogens with one attached hydrogen (secondary N) is 1. The van der Waals surface area contributed by atoms with Gasteiger partial charge < -0.3 is 9.80 Å². The van der Waals surface area contributed by atoms with Crippen LogP contribution in [-0.2, 0) is 14.4 Å². The Morgan fingerprint density at radius 2 is 1.78 bits per heavy atom. The number of halogens is 1. The van der Waals surface area contributed by atoms with Gasteiger partial charge in [0.2, 0.25) is 11.8 Å². The first-order chi connectivity index (χ1) is 13.0. The lowest BCUT2D eigenvalue weighted by atomic mass is 9.95. The van der Waals surface area contributed by atoms with E-state index in [4.69, 9.17) is 0 Å². The molecule has 3 fully saturated rings. The number of likely N-dealkylation sites (tertiary alicyclic amines) is 2. The first kappa shape index (κ1) is 18.1. The fourth-order valence-electron chi connectivity index (χ4n) is 4.63. The van der Waals surface area contributed by atoms with Crippen molar-refractivity contribution in [2.75, 3.05) is 31.1 Å². The molecule has 3 atom stereocenters. The molecule has 0 bridgehead atoms. The van der Waals surface area contributed by atoms with E-state index in [1.54, 1.807) is 0 Å². The fourth-order valence-corrected chi connectivity index (χ4v) is 4.63. The molecule has 7 heteroatoms. The molecule has 1 unspecified atom stereocenters. The number of amides is 3. The Kier molecular flexibility index (Phi) is 4.95. The maximum Gasteiger partial charge on any atom is 0.292 e. The van der Waals surface area contributed by atoms with E-state index in [-0.39, 0.29) is 30.1 Å². The number of hydrogen-bond donors (Lipinski definition) is 1. The maximum atomic E-state index is 13.2. The molecule has 3 aliphatic heterocycles. The summed E-state index contributed by atoms with van der Waals surface area (Å²) in [4.78, 5) is 42.3. The Morgan fingerprint density at radius 3 is 2.48 bits per heavy atom. The highest BCUT2D eigenvalue weighted by molar-refractivity contribution is 6.21. The minimum absolute atomic E-state index is 0.0605. The highest BCUT2D eigenvalue weighted by Crippen LogP contribution is 2.23. The standard InChI is InChI=1S/C20H24FN3O3/c21-15-5-7-16(8-6-15)24-18(25)12-17(20(24)27)23-11-3-4-14(13-23)19(26)22-9-1-2-10-22/h5-8,14,17H,1-4,9-13H2/p+1/t14-,17-/m0/s1. The average molecular weight is 374 g/mol. The van der Waals surface area contributed by atoms with Crippen LogP contribution in [0.2, 0.25) is 0 Å². The number of piperidine rings is 1. The number of rotatable bonds is 3. The molecule has 1 aromatic carbocycles. The SMILES string of the molecule is O=C([C@H]1CCC[NH+]([C@H]2CC(=O)N(c3ccc(F)cc3)C2=O)C1)N1CCCC1. The summed E-state index contributed by atoms with van der Waals surface area (Å²) >= 11 is 0. The van der Waals surface area contributed by atoms with Gasteiger partial charge in [0, 0.05) is 13.1 Å². The highest BCUT2D eigenvalue weighted by atomic mass is 19.1. The van der Waals surface area contributed by atoms with E-state index in [1.807, 2.05) is 4.90 Å². The molecule has 144 valence electrons. The minimum atomic E-state index is -0.447. The third kappa shape index (κ3) is 3.48. The van der Waals surface area contributed by atoms with Crippen LogP contribution >= 0.6 is 0 Å². The van der Waals surface area contributed by atoms with Gasteiger partial charge in [-0.25, -0.2) is 9.29 Å². The van der Waals surface area contributed by atoms with Crippen LogP contribution in [0.5, 0.6) is 0 Å². The van der Waals surface area contributed by atoms with Crippen molar-refractivity contribution in [2.24, 2.45) is 5.92 Å². The molecule has 3 aliphatic rings. The quantitative estimate of drug-likeness (QED) is 0.778. The van der Waals surface area contributed by atoms with Crippen molar-refractivity contribution in [1.29, 1.82) is 0 Å². The van der Waals surface area contributed by atoms with Crippen molar-refractivity contribution >= 4 is 23.4 Å². The van der Waals surface area contributed by atoms with Crippen LogP contribution in [0.4, 0.5) is 10.1 Å². The molecule has 0 spiro atoms. The van der Waals surface area contributed by atoms with Gasteiger partial charge in [0.1, 0.15) is 5.82 Å². The Balaban J connectivity index is 1.46. The largest absolute Gasteiger partial charge is 0.342 e. The van der Waals surface area contributed by atoms with Gasteiger partial charge in [-0.2, -0.15) is 0 Å². The molecule has 3 saturated heterocycles. The number of imide groups is 1. The van der Waals surface area contributed by atoms with Gasteiger partial charge >= 0.3 is 0 Å². The van der Waals surface area contributed by atoms with E-state index in [2.05, 4.69) is 0 Å². The van der Waals surface area contributed by atoms with Crippen LogP contribution in [0.3, 0.4) is 0 Å². The summed E-state index contributed by atoms with van der Waals surface area (Å²) in [5.74, 6) is -0.751. The van der Waals surface area contributed by atoms with Gasteiger partial charge in [-0.1, -0.05) is 0 Å². The first-order valence-corrected chi connectivity index (χ1v) is 9.80. The topological polar surface area (TPSA) is 62.1 Å². The number of nitrogens with zero attached hydrogens (tertiary/aromatic N) is 2. The van der Waals surface area contributed by atoms with Crippen molar-refractivity contribution in [3.05, 3.63) is 30.1 Å². The van der Waals surface area contributed by atoms with Gasteiger partial charge in [-0.05, 0) is 49.9 Å². The van der Waals surface area contributed by atoms with Crippen molar-refractivity contribution in [3.63, 3.8) is 0 Å². The number of benzene rings is 1. The second-order valence-electron chi connectivity index (χ2n) is 7.78. The third-order valence-corrected chi connectivity index (χ3v) is 6.05. The minimum Gasteiger partial charge on any atom is -0.342 e. The van der Waals surface area contributed by atoms with Crippen LogP contribution in [0, 0.1) is 11.7 Å². The second-order valence-corrected chi connectivity index (χ2v) is 7.78. The van der Waals surface area contributed by atoms with Crippen LogP contribution < -0.4 is 9.80 Å². The van der Waals surface area contributed by atoms with Crippen LogP contribution in [0.25, 0.3) is 0 Å². The van der Waals surface area contributed by atoms with Crippen molar-refractivity contribution in [1.82, 2.24) is 4.90 Å². The summed E-state index contributed by atoms with van der Waals surface area (Å²) in [7, 11) is 0. The third-order valence-electron chi connectivity index (χ3n) is 6.05. The van der Waals surface area contributed by atoms with E-state index < -0.39 is 11.9 Å². The molecule has 4 rings (SSSR count). The Hall–Kier alpha value is -2.28. The summed E-state index contributed by atoms with van der Waals surface area (Å²) in [5, 5.41) is 0. The second kappa shape index (κ2) is 7.38. The Labute approximate surface area is 157 Å². The molecule has 27 heavy (non-hydrogen) atoms. The average Bonchev–Trinajstić information content (AvgIpc) is 3.31. The molecule has 6 nitrogen and oxygen atoms in total. The number of carbonyl (C=O) groups is 3. The lowest BCUT2D eigenvalue weighted by Gasteiger charge is -2.33. The van der Waals surface area contributed by atoms with Gasteiger partial charge in [-0.15, -0.1) is 0 Å². The molecule has 0 saturated carbocycles.